The summed E-state index contributed by atoms with van der Waals surface area (Å²) in [5, 5.41) is 10.7. The van der Waals surface area contributed by atoms with E-state index in [4.69, 9.17) is 9.88 Å². The SMILES string of the molecule is CNC(C)CNC(=O)c1cc(S(N)(=O)=O)ccc1OC.Cl. The maximum Gasteiger partial charge on any atom is 0.255 e. The Hall–Kier alpha value is -1.35. The van der Waals surface area contributed by atoms with Crippen LogP contribution in [0.25, 0.3) is 0 Å². The summed E-state index contributed by atoms with van der Waals surface area (Å²) in [4.78, 5) is 11.9. The van der Waals surface area contributed by atoms with Crippen LogP contribution in [0.5, 0.6) is 5.75 Å². The number of carbonyl (C=O) groups is 1. The number of rotatable bonds is 6. The lowest BCUT2D eigenvalue weighted by molar-refractivity contribution is 0.0947. The fraction of sp³-hybridized carbons (Fsp3) is 0.417. The molecule has 9 heteroatoms. The van der Waals surface area contributed by atoms with Gasteiger partial charge in [0.15, 0.2) is 0 Å². The van der Waals surface area contributed by atoms with Crippen molar-refractivity contribution in [3.63, 3.8) is 0 Å². The highest BCUT2D eigenvalue weighted by Crippen LogP contribution is 2.21. The third-order valence-corrected chi connectivity index (χ3v) is 3.72. The smallest absolute Gasteiger partial charge is 0.255 e. The molecule has 120 valence electrons. The molecule has 1 unspecified atom stereocenters. The van der Waals surface area contributed by atoms with E-state index in [2.05, 4.69) is 10.6 Å². The van der Waals surface area contributed by atoms with E-state index in [0.29, 0.717) is 6.54 Å². The molecule has 21 heavy (non-hydrogen) atoms. The molecule has 0 spiro atoms. The molecule has 0 saturated heterocycles. The number of likely N-dealkylation sites (N-methyl/N-ethyl adjacent to an activating group) is 1. The van der Waals surface area contributed by atoms with Crippen molar-refractivity contribution in [3.8, 4) is 5.75 Å². The van der Waals surface area contributed by atoms with E-state index < -0.39 is 15.9 Å². The van der Waals surface area contributed by atoms with E-state index in [1.807, 2.05) is 6.92 Å². The lowest BCUT2D eigenvalue weighted by Crippen LogP contribution is -2.37. The molecule has 4 N–H and O–H groups in total. The number of hydrogen-bond acceptors (Lipinski definition) is 5. The number of primary sulfonamides is 1. The lowest BCUT2D eigenvalue weighted by Gasteiger charge is -2.13. The molecule has 1 amide bonds. The number of benzene rings is 1. The van der Waals surface area contributed by atoms with Gasteiger partial charge in [-0.25, -0.2) is 13.6 Å². The molecular weight excluding hydrogens is 318 g/mol. The third kappa shape index (κ3) is 5.50. The molecule has 1 aromatic rings. The molecule has 0 bridgehead atoms. The minimum absolute atomic E-state index is 0. The highest BCUT2D eigenvalue weighted by Gasteiger charge is 2.17. The Balaban J connectivity index is 0.00000400. The minimum Gasteiger partial charge on any atom is -0.496 e. The molecule has 1 rings (SSSR count). The molecule has 0 heterocycles. The van der Waals surface area contributed by atoms with Gasteiger partial charge in [-0.15, -0.1) is 12.4 Å². The molecule has 0 saturated carbocycles. The number of sulfonamides is 1. The van der Waals surface area contributed by atoms with Gasteiger partial charge in [0.05, 0.1) is 17.6 Å². The summed E-state index contributed by atoms with van der Waals surface area (Å²) in [7, 11) is -0.689. The van der Waals surface area contributed by atoms with Crippen LogP contribution in [-0.4, -0.2) is 41.1 Å². The van der Waals surface area contributed by atoms with Gasteiger partial charge >= 0.3 is 0 Å². The van der Waals surface area contributed by atoms with Crippen molar-refractivity contribution in [1.82, 2.24) is 10.6 Å². The minimum atomic E-state index is -3.87. The topological polar surface area (TPSA) is 111 Å². The van der Waals surface area contributed by atoms with E-state index >= 15 is 0 Å². The second kappa shape index (κ2) is 8.18. The van der Waals surface area contributed by atoms with Gasteiger partial charge in [0.2, 0.25) is 10.0 Å². The van der Waals surface area contributed by atoms with Crippen LogP contribution in [0.3, 0.4) is 0 Å². The van der Waals surface area contributed by atoms with Gasteiger partial charge in [-0.05, 0) is 32.2 Å². The molecule has 7 nitrogen and oxygen atoms in total. The predicted octanol–water partition coefficient (Wildman–Crippen LogP) is 0.102. The number of halogens is 1. The molecule has 0 aromatic heterocycles. The normalized spacial score (nSPS) is 12.2. The Morgan fingerprint density at radius 3 is 2.52 bits per heavy atom. The summed E-state index contributed by atoms with van der Waals surface area (Å²) in [6, 6.07) is 3.98. The van der Waals surface area contributed by atoms with Gasteiger partial charge in [-0.3, -0.25) is 4.79 Å². The largest absolute Gasteiger partial charge is 0.496 e. The van der Waals surface area contributed by atoms with Crippen LogP contribution in [0.2, 0.25) is 0 Å². The average molecular weight is 338 g/mol. The number of hydrogen-bond donors (Lipinski definition) is 3. The van der Waals surface area contributed by atoms with Gasteiger partial charge in [-0.2, -0.15) is 0 Å². The van der Waals surface area contributed by atoms with E-state index in [9.17, 15) is 13.2 Å². The first-order chi connectivity index (χ1) is 9.29. The summed E-state index contributed by atoms with van der Waals surface area (Å²) in [6.07, 6.45) is 0. The first kappa shape index (κ1) is 19.7. The van der Waals surface area contributed by atoms with Crippen molar-refractivity contribution in [2.75, 3.05) is 20.7 Å². The van der Waals surface area contributed by atoms with Crippen molar-refractivity contribution >= 4 is 28.3 Å². The number of amides is 1. The summed E-state index contributed by atoms with van der Waals surface area (Å²) in [5.41, 5.74) is 0.127. The van der Waals surface area contributed by atoms with Gasteiger partial charge in [0.25, 0.3) is 5.91 Å². The number of nitrogens with one attached hydrogen (secondary N) is 2. The average Bonchev–Trinajstić information content (AvgIpc) is 2.42. The standard InChI is InChI=1S/C12H19N3O4S.ClH/c1-8(14-2)7-15-12(16)10-6-9(20(13,17)18)4-5-11(10)19-3;/h4-6,8,14H,7H2,1-3H3,(H,15,16)(H2,13,17,18);1H. The monoisotopic (exact) mass is 337 g/mol. The third-order valence-electron chi connectivity index (χ3n) is 2.81. The van der Waals surface area contributed by atoms with Crippen LogP contribution in [0.15, 0.2) is 23.1 Å². The lowest BCUT2D eigenvalue weighted by atomic mass is 10.2. The van der Waals surface area contributed by atoms with Crippen molar-refractivity contribution in [1.29, 1.82) is 0 Å². The number of ether oxygens (including phenoxy) is 1. The highest BCUT2D eigenvalue weighted by atomic mass is 35.5. The fourth-order valence-electron chi connectivity index (χ4n) is 1.48. The summed E-state index contributed by atoms with van der Waals surface area (Å²) >= 11 is 0. The van der Waals surface area contributed by atoms with Gasteiger partial charge in [-0.1, -0.05) is 0 Å². The molecule has 0 fully saturated rings. The zero-order chi connectivity index (χ0) is 15.3. The quantitative estimate of drug-likeness (QED) is 0.682. The van der Waals surface area contributed by atoms with Crippen molar-refractivity contribution < 1.29 is 17.9 Å². The van der Waals surface area contributed by atoms with E-state index in [1.54, 1.807) is 7.05 Å². The predicted molar refractivity (Wildman–Crippen MR) is 82.5 cm³/mol. The Kier molecular flexibility index (Phi) is 7.65. The van der Waals surface area contributed by atoms with Crippen LogP contribution >= 0.6 is 12.4 Å². The Labute approximate surface area is 130 Å². The number of methoxy groups -OCH3 is 1. The molecule has 0 aliphatic carbocycles. The molecule has 0 aliphatic heterocycles. The van der Waals surface area contributed by atoms with E-state index in [0.717, 1.165) is 0 Å². The Bertz CT molecular complexity index is 592. The zero-order valence-electron chi connectivity index (χ0n) is 12.0. The second-order valence-electron chi connectivity index (χ2n) is 4.31. The molecule has 1 atom stereocenters. The Morgan fingerprint density at radius 1 is 1.43 bits per heavy atom. The molecular formula is C12H20ClN3O4S. The molecule has 0 radical (unpaired) electrons. The summed E-state index contributed by atoms with van der Waals surface area (Å²) in [6.45, 7) is 2.30. The molecule has 0 aliphatic rings. The Morgan fingerprint density at radius 2 is 2.05 bits per heavy atom. The van der Waals surface area contributed by atoms with Gasteiger partial charge in [0, 0.05) is 12.6 Å². The number of carbonyl (C=O) groups excluding carboxylic acids is 1. The summed E-state index contributed by atoms with van der Waals surface area (Å²) < 4.78 is 27.7. The zero-order valence-corrected chi connectivity index (χ0v) is 13.7. The van der Waals surface area contributed by atoms with E-state index in [1.165, 1.54) is 25.3 Å². The number of nitrogens with two attached hydrogens (primary N) is 1. The van der Waals surface area contributed by atoms with Crippen LogP contribution in [-0.2, 0) is 10.0 Å². The van der Waals surface area contributed by atoms with Crippen LogP contribution in [0.1, 0.15) is 17.3 Å². The van der Waals surface area contributed by atoms with Crippen molar-refractivity contribution in [2.45, 2.75) is 17.9 Å². The van der Waals surface area contributed by atoms with Gasteiger partial charge < -0.3 is 15.4 Å². The highest BCUT2D eigenvalue weighted by molar-refractivity contribution is 7.89. The van der Waals surface area contributed by atoms with Crippen LogP contribution < -0.4 is 20.5 Å². The fourth-order valence-corrected chi connectivity index (χ4v) is 2.02. The van der Waals surface area contributed by atoms with Crippen LogP contribution in [0.4, 0.5) is 0 Å². The second-order valence-corrected chi connectivity index (χ2v) is 5.87. The van der Waals surface area contributed by atoms with Crippen molar-refractivity contribution in [3.05, 3.63) is 23.8 Å². The first-order valence-corrected chi connectivity index (χ1v) is 7.50. The molecule has 1 aromatic carbocycles. The van der Waals surface area contributed by atoms with Crippen LogP contribution in [0, 0.1) is 0 Å². The maximum absolute atomic E-state index is 12.1. The summed E-state index contributed by atoms with van der Waals surface area (Å²) in [5.74, 6) is -0.138. The first-order valence-electron chi connectivity index (χ1n) is 5.96. The van der Waals surface area contributed by atoms with Crippen molar-refractivity contribution in [2.24, 2.45) is 5.14 Å². The van der Waals surface area contributed by atoms with Gasteiger partial charge in [0.1, 0.15) is 5.75 Å². The maximum atomic E-state index is 12.1. The van der Waals surface area contributed by atoms with E-state index in [-0.39, 0.29) is 34.7 Å².